The molecule has 4 saturated carbocycles. The molecule has 4 fully saturated rings. The van der Waals surface area contributed by atoms with Crippen molar-refractivity contribution in [3.8, 4) is 5.75 Å². The number of ether oxygens (including phenoxy) is 1. The Morgan fingerprint density at radius 3 is 2.38 bits per heavy atom. The van der Waals surface area contributed by atoms with Gasteiger partial charge in [-0.3, -0.25) is 0 Å². The van der Waals surface area contributed by atoms with Gasteiger partial charge in [-0.25, -0.2) is 0 Å². The van der Waals surface area contributed by atoms with Crippen LogP contribution in [0.1, 0.15) is 77.2 Å². The van der Waals surface area contributed by atoms with Gasteiger partial charge < -0.3 is 26.4 Å². The van der Waals surface area contributed by atoms with Crippen molar-refractivity contribution >= 4 is 11.7 Å². The van der Waals surface area contributed by atoms with Gasteiger partial charge in [0.05, 0.1) is 18.3 Å². The van der Waals surface area contributed by atoms with E-state index in [4.69, 9.17) is 16.2 Å². The number of fused-ring (bicyclic) bond motifs is 5. The Morgan fingerprint density at radius 1 is 0.971 bits per heavy atom. The minimum atomic E-state index is -1.04. The third kappa shape index (κ3) is 3.15. The quantitative estimate of drug-likeness (QED) is 0.306. The van der Waals surface area contributed by atoms with E-state index in [-0.39, 0.29) is 17.3 Å². The predicted octanol–water partition coefficient (Wildman–Crippen LogP) is 3.67. The standard InChI is InChI=1S/C27H40N4O3/c1-24-12-10-19(30-31-23(28)29)16-18(24)6-9-22-21(24)11-13-25(2)26(32,14-15-27(22,25)33)17-4-7-20(34-3)8-5-17/h4-5,7-8,18,21-22,32-33H,6,9-16H2,1-3H3,(H4,28,29,31)/t18-,21+,22-,24+,25-,26+,27+/m1/s1. The molecule has 4 aliphatic rings. The number of benzene rings is 1. The lowest BCUT2D eigenvalue weighted by molar-refractivity contribution is -0.233. The number of hydrogen-bond acceptors (Lipinski definition) is 5. The molecule has 186 valence electrons. The van der Waals surface area contributed by atoms with Gasteiger partial charge in [0, 0.05) is 11.1 Å². The van der Waals surface area contributed by atoms with Crippen molar-refractivity contribution in [3.63, 3.8) is 0 Å². The van der Waals surface area contributed by atoms with Gasteiger partial charge in [0.15, 0.2) is 0 Å². The molecule has 6 N–H and O–H groups in total. The third-order valence-corrected chi connectivity index (χ3v) is 10.7. The zero-order valence-corrected chi connectivity index (χ0v) is 20.8. The Hall–Kier alpha value is -2.12. The van der Waals surface area contributed by atoms with E-state index in [1.165, 1.54) is 0 Å². The second kappa shape index (κ2) is 7.95. The largest absolute Gasteiger partial charge is 0.497 e. The minimum Gasteiger partial charge on any atom is -0.497 e. The van der Waals surface area contributed by atoms with Crippen LogP contribution in [-0.4, -0.2) is 34.6 Å². The summed E-state index contributed by atoms with van der Waals surface area (Å²) in [5.74, 6) is 1.97. The summed E-state index contributed by atoms with van der Waals surface area (Å²) in [5.41, 5.74) is 10.6. The van der Waals surface area contributed by atoms with E-state index >= 15 is 0 Å². The lowest BCUT2D eigenvalue weighted by Gasteiger charge is -2.64. The highest BCUT2D eigenvalue weighted by molar-refractivity contribution is 5.86. The summed E-state index contributed by atoms with van der Waals surface area (Å²) >= 11 is 0. The Labute approximate surface area is 202 Å². The molecule has 34 heavy (non-hydrogen) atoms. The predicted molar refractivity (Wildman–Crippen MR) is 133 cm³/mol. The molecule has 7 atom stereocenters. The molecule has 0 aromatic heterocycles. The van der Waals surface area contributed by atoms with Crippen molar-refractivity contribution < 1.29 is 14.9 Å². The summed E-state index contributed by atoms with van der Waals surface area (Å²) in [5, 5.41) is 32.7. The highest BCUT2D eigenvalue weighted by Gasteiger charge is 2.71. The smallest absolute Gasteiger partial charge is 0.211 e. The lowest BCUT2D eigenvalue weighted by Crippen LogP contribution is -2.64. The minimum absolute atomic E-state index is 0.00362. The van der Waals surface area contributed by atoms with Crippen molar-refractivity contribution in [1.29, 1.82) is 0 Å². The number of guanidine groups is 1. The van der Waals surface area contributed by atoms with Crippen LogP contribution in [0.25, 0.3) is 0 Å². The molecule has 0 aliphatic heterocycles. The van der Waals surface area contributed by atoms with E-state index in [1.807, 2.05) is 24.3 Å². The number of methoxy groups -OCH3 is 1. The number of aliphatic hydroxyl groups is 2. The Morgan fingerprint density at radius 2 is 1.71 bits per heavy atom. The maximum atomic E-state index is 12.4. The molecule has 4 aliphatic carbocycles. The van der Waals surface area contributed by atoms with Crippen LogP contribution >= 0.6 is 0 Å². The Balaban J connectivity index is 1.43. The molecule has 7 nitrogen and oxygen atoms in total. The first-order valence-corrected chi connectivity index (χ1v) is 12.8. The maximum absolute atomic E-state index is 12.4. The molecular weight excluding hydrogens is 428 g/mol. The molecular formula is C27H40N4O3. The fourth-order valence-corrected chi connectivity index (χ4v) is 8.59. The Kier molecular flexibility index (Phi) is 5.52. The summed E-state index contributed by atoms with van der Waals surface area (Å²) in [6, 6.07) is 7.77. The molecule has 1 aromatic carbocycles. The van der Waals surface area contributed by atoms with Crippen molar-refractivity contribution in [2.45, 2.75) is 82.8 Å². The summed E-state index contributed by atoms with van der Waals surface area (Å²) in [6.07, 6.45) is 8.03. The van der Waals surface area contributed by atoms with Crippen LogP contribution in [0, 0.1) is 28.6 Å². The normalized spacial score (nSPS) is 44.6. The van der Waals surface area contributed by atoms with Gasteiger partial charge in [-0.05, 0) is 98.7 Å². The van der Waals surface area contributed by atoms with E-state index in [2.05, 4.69) is 24.1 Å². The number of rotatable bonds is 3. The highest BCUT2D eigenvalue weighted by atomic mass is 16.5. The summed E-state index contributed by atoms with van der Waals surface area (Å²) < 4.78 is 5.32. The van der Waals surface area contributed by atoms with E-state index in [0.29, 0.717) is 24.7 Å². The first-order valence-electron chi connectivity index (χ1n) is 12.8. The fourth-order valence-electron chi connectivity index (χ4n) is 8.59. The maximum Gasteiger partial charge on any atom is 0.211 e. The van der Waals surface area contributed by atoms with Crippen LogP contribution in [0.5, 0.6) is 5.75 Å². The van der Waals surface area contributed by atoms with E-state index in [1.54, 1.807) is 7.11 Å². The number of hydrogen-bond donors (Lipinski definition) is 4. The topological polar surface area (TPSA) is 126 Å². The average Bonchev–Trinajstić information content (AvgIpc) is 3.05. The van der Waals surface area contributed by atoms with E-state index in [9.17, 15) is 10.2 Å². The number of nitrogens with zero attached hydrogens (tertiary/aromatic N) is 2. The molecule has 0 radical (unpaired) electrons. The second-order valence-corrected chi connectivity index (χ2v) is 11.8. The van der Waals surface area contributed by atoms with Crippen LogP contribution in [0.15, 0.2) is 34.5 Å². The second-order valence-electron chi connectivity index (χ2n) is 11.8. The van der Waals surface area contributed by atoms with Crippen LogP contribution in [0.4, 0.5) is 0 Å². The zero-order chi connectivity index (χ0) is 24.4. The summed E-state index contributed by atoms with van der Waals surface area (Å²) in [4.78, 5) is 0. The van der Waals surface area contributed by atoms with Crippen molar-refractivity contribution in [3.05, 3.63) is 29.8 Å². The van der Waals surface area contributed by atoms with Gasteiger partial charge in [-0.2, -0.15) is 5.10 Å². The fraction of sp³-hybridized carbons (Fsp3) is 0.704. The van der Waals surface area contributed by atoms with Crippen molar-refractivity contribution in [2.24, 2.45) is 50.3 Å². The number of nitrogens with two attached hydrogens (primary N) is 2. The van der Waals surface area contributed by atoms with Gasteiger partial charge in [0.2, 0.25) is 5.96 Å². The SMILES string of the molecule is COc1ccc([C@@]2(O)CC[C@]3(O)[C@@H]4CC[C@@H]5CC(=NN=C(N)N)CC[C@]5(C)[C@H]4CC[C@]23C)cc1. The molecule has 0 saturated heterocycles. The highest BCUT2D eigenvalue weighted by Crippen LogP contribution is 2.71. The monoisotopic (exact) mass is 468 g/mol. The first-order chi connectivity index (χ1) is 16.1. The van der Waals surface area contributed by atoms with Crippen molar-refractivity contribution in [1.82, 2.24) is 0 Å². The average molecular weight is 469 g/mol. The van der Waals surface area contributed by atoms with Gasteiger partial charge in [0.25, 0.3) is 0 Å². The molecule has 7 heteroatoms. The summed E-state index contributed by atoms with van der Waals surface area (Å²) in [6.45, 7) is 4.57. The molecule has 5 rings (SSSR count). The van der Waals surface area contributed by atoms with Crippen molar-refractivity contribution in [2.75, 3.05) is 7.11 Å². The Bertz CT molecular complexity index is 1010. The van der Waals surface area contributed by atoms with Gasteiger partial charge in [-0.1, -0.05) is 26.0 Å². The molecule has 0 unspecified atom stereocenters. The van der Waals surface area contributed by atoms with Crippen LogP contribution in [0.2, 0.25) is 0 Å². The summed E-state index contributed by atoms with van der Waals surface area (Å²) in [7, 11) is 1.65. The molecule has 0 amide bonds. The molecule has 0 spiro atoms. The van der Waals surface area contributed by atoms with E-state index < -0.39 is 16.6 Å². The van der Waals surface area contributed by atoms with Gasteiger partial charge in [-0.15, -0.1) is 5.10 Å². The van der Waals surface area contributed by atoms with Gasteiger partial charge >= 0.3 is 0 Å². The first kappa shape index (κ1) is 23.6. The molecule has 0 bridgehead atoms. The van der Waals surface area contributed by atoms with E-state index in [0.717, 1.165) is 62.0 Å². The van der Waals surface area contributed by atoms with Crippen LogP contribution in [0.3, 0.4) is 0 Å². The molecule has 1 aromatic rings. The lowest BCUT2D eigenvalue weighted by atomic mass is 9.43. The third-order valence-electron chi connectivity index (χ3n) is 10.7. The van der Waals surface area contributed by atoms with Crippen LogP contribution < -0.4 is 16.2 Å². The zero-order valence-electron chi connectivity index (χ0n) is 20.8. The van der Waals surface area contributed by atoms with Crippen LogP contribution in [-0.2, 0) is 5.60 Å². The molecule has 0 heterocycles. The van der Waals surface area contributed by atoms with Gasteiger partial charge in [0.1, 0.15) is 5.75 Å².